The zero-order chi connectivity index (χ0) is 21.7. The summed E-state index contributed by atoms with van der Waals surface area (Å²) in [4.78, 5) is 12.8. The first-order chi connectivity index (χ1) is 14.3. The first-order valence-electron chi connectivity index (χ1n) is 10.1. The van der Waals surface area contributed by atoms with Crippen molar-refractivity contribution in [1.29, 1.82) is 0 Å². The number of methoxy groups -OCH3 is 1. The van der Waals surface area contributed by atoms with E-state index in [1.165, 1.54) is 16.4 Å². The van der Waals surface area contributed by atoms with Crippen LogP contribution in [0.25, 0.3) is 0 Å². The molecular weight excluding hydrogens is 424 g/mol. The van der Waals surface area contributed by atoms with E-state index < -0.39 is 10.0 Å². The number of rotatable bonds is 6. The number of hydrogen-bond donors (Lipinski definition) is 1. The second-order valence-corrected chi connectivity index (χ2v) is 9.75. The van der Waals surface area contributed by atoms with E-state index in [9.17, 15) is 13.2 Å². The van der Waals surface area contributed by atoms with E-state index >= 15 is 0 Å². The Labute approximate surface area is 183 Å². The average molecular weight is 451 g/mol. The fraction of sp³-hybridized carbons (Fsp3) is 0.409. The third-order valence-electron chi connectivity index (χ3n) is 5.34. The van der Waals surface area contributed by atoms with Crippen molar-refractivity contribution < 1.29 is 17.9 Å². The number of hydrogen-bond acceptors (Lipinski definition) is 4. The zero-order valence-corrected chi connectivity index (χ0v) is 18.8. The maximum absolute atomic E-state index is 13.1. The number of sulfonamides is 1. The predicted octanol–water partition coefficient (Wildman–Crippen LogP) is 4.40. The minimum absolute atomic E-state index is 0.0178. The number of benzene rings is 2. The van der Waals surface area contributed by atoms with Crippen LogP contribution in [-0.2, 0) is 10.0 Å². The monoisotopic (exact) mass is 450 g/mol. The van der Waals surface area contributed by atoms with Crippen molar-refractivity contribution in [1.82, 2.24) is 9.62 Å². The van der Waals surface area contributed by atoms with Crippen LogP contribution in [0.15, 0.2) is 47.4 Å². The SMILES string of the molecule is COc1ccc([C@@H](C)NC(=O)c2ccc(Cl)c(S(=O)(=O)N3CCCCCC3)c2)cc1. The molecule has 1 saturated heterocycles. The molecule has 3 rings (SSSR count). The Kier molecular flexibility index (Phi) is 7.39. The highest BCUT2D eigenvalue weighted by Gasteiger charge is 2.28. The summed E-state index contributed by atoms with van der Waals surface area (Å²) >= 11 is 6.23. The Bertz CT molecular complexity index is 985. The van der Waals surface area contributed by atoms with Crippen LogP contribution >= 0.6 is 11.6 Å². The normalized spacial score (nSPS) is 16.5. The summed E-state index contributed by atoms with van der Waals surface area (Å²) in [6, 6.07) is 11.5. The minimum atomic E-state index is -3.75. The molecule has 1 aliphatic heterocycles. The van der Waals surface area contributed by atoms with Gasteiger partial charge in [-0.1, -0.05) is 36.6 Å². The molecule has 0 saturated carbocycles. The highest BCUT2D eigenvalue weighted by molar-refractivity contribution is 7.89. The molecule has 1 N–H and O–H groups in total. The van der Waals surface area contributed by atoms with Gasteiger partial charge >= 0.3 is 0 Å². The molecule has 1 fully saturated rings. The summed E-state index contributed by atoms with van der Waals surface area (Å²) in [5.74, 6) is 0.376. The highest BCUT2D eigenvalue weighted by Crippen LogP contribution is 2.28. The summed E-state index contributed by atoms with van der Waals surface area (Å²) < 4.78 is 32.9. The van der Waals surface area contributed by atoms with Crippen molar-refractivity contribution in [3.8, 4) is 5.75 Å². The molecule has 0 radical (unpaired) electrons. The van der Waals surface area contributed by atoms with Crippen molar-refractivity contribution in [2.75, 3.05) is 20.2 Å². The van der Waals surface area contributed by atoms with Crippen LogP contribution in [0.4, 0.5) is 0 Å². The van der Waals surface area contributed by atoms with Crippen LogP contribution in [0.1, 0.15) is 54.6 Å². The Morgan fingerprint density at radius 3 is 2.30 bits per heavy atom. The summed E-state index contributed by atoms with van der Waals surface area (Å²) in [6.07, 6.45) is 3.70. The Morgan fingerprint density at radius 1 is 1.07 bits per heavy atom. The van der Waals surface area contributed by atoms with Crippen LogP contribution in [0.2, 0.25) is 5.02 Å². The molecule has 0 bridgehead atoms. The van der Waals surface area contributed by atoms with Crippen LogP contribution in [0.3, 0.4) is 0 Å². The van der Waals surface area contributed by atoms with E-state index in [4.69, 9.17) is 16.3 Å². The van der Waals surface area contributed by atoms with Gasteiger partial charge in [-0.05, 0) is 55.7 Å². The third-order valence-corrected chi connectivity index (χ3v) is 7.72. The lowest BCUT2D eigenvalue weighted by Crippen LogP contribution is -2.32. The van der Waals surface area contributed by atoms with Gasteiger partial charge in [0.25, 0.3) is 5.91 Å². The molecule has 0 aromatic heterocycles. The summed E-state index contributed by atoms with van der Waals surface area (Å²) in [5.41, 5.74) is 1.17. The smallest absolute Gasteiger partial charge is 0.251 e. The molecule has 1 amide bonds. The molecule has 1 heterocycles. The molecule has 1 aliphatic rings. The first kappa shape index (κ1) is 22.6. The van der Waals surface area contributed by atoms with Crippen LogP contribution in [0, 0.1) is 0 Å². The van der Waals surface area contributed by atoms with E-state index in [0.29, 0.717) is 13.1 Å². The van der Waals surface area contributed by atoms with Gasteiger partial charge in [-0.15, -0.1) is 0 Å². The number of carbonyl (C=O) groups excluding carboxylic acids is 1. The van der Waals surface area contributed by atoms with Gasteiger partial charge in [0.05, 0.1) is 18.2 Å². The van der Waals surface area contributed by atoms with Gasteiger partial charge in [0.2, 0.25) is 10.0 Å². The number of ether oxygens (including phenoxy) is 1. The fourth-order valence-electron chi connectivity index (χ4n) is 3.52. The molecule has 0 unspecified atom stereocenters. The summed E-state index contributed by atoms with van der Waals surface area (Å²) in [5, 5.41) is 3.03. The van der Waals surface area contributed by atoms with Crippen LogP contribution in [0.5, 0.6) is 5.75 Å². The average Bonchev–Trinajstić information content (AvgIpc) is 3.04. The zero-order valence-electron chi connectivity index (χ0n) is 17.2. The second-order valence-electron chi connectivity index (χ2n) is 7.43. The van der Waals surface area contributed by atoms with Gasteiger partial charge in [-0.2, -0.15) is 4.31 Å². The molecule has 6 nitrogen and oxygen atoms in total. The molecular formula is C22H27ClN2O4S. The standard InChI is InChI=1S/C22H27ClN2O4S/c1-16(17-7-10-19(29-2)11-8-17)24-22(26)18-9-12-20(23)21(15-18)30(27,28)25-13-5-3-4-6-14-25/h7-12,15-16H,3-6,13-14H2,1-2H3,(H,24,26)/t16-/m1/s1. The summed E-state index contributed by atoms with van der Waals surface area (Å²) in [7, 11) is -2.16. The molecule has 30 heavy (non-hydrogen) atoms. The predicted molar refractivity (Wildman–Crippen MR) is 118 cm³/mol. The molecule has 0 spiro atoms. The Hall–Kier alpha value is -2.09. The maximum Gasteiger partial charge on any atom is 0.251 e. The molecule has 2 aromatic rings. The van der Waals surface area contributed by atoms with Gasteiger partial charge in [-0.25, -0.2) is 8.42 Å². The van der Waals surface area contributed by atoms with E-state index in [1.807, 2.05) is 31.2 Å². The van der Waals surface area contributed by atoms with Crippen molar-refractivity contribution in [2.24, 2.45) is 0 Å². The van der Waals surface area contributed by atoms with Crippen LogP contribution in [-0.4, -0.2) is 38.8 Å². The third kappa shape index (κ3) is 5.14. The van der Waals surface area contributed by atoms with Crippen molar-refractivity contribution in [2.45, 2.75) is 43.5 Å². The molecule has 162 valence electrons. The number of nitrogens with one attached hydrogen (secondary N) is 1. The number of halogens is 1. The topological polar surface area (TPSA) is 75.7 Å². The van der Waals surface area contributed by atoms with E-state index in [-0.39, 0.29) is 27.4 Å². The largest absolute Gasteiger partial charge is 0.497 e. The molecule has 8 heteroatoms. The molecule has 2 aromatic carbocycles. The van der Waals surface area contributed by atoms with Crippen molar-refractivity contribution >= 4 is 27.5 Å². The molecule has 1 atom stereocenters. The van der Waals surface area contributed by atoms with E-state index in [2.05, 4.69) is 5.32 Å². The Balaban J connectivity index is 1.80. The lowest BCUT2D eigenvalue weighted by molar-refractivity contribution is 0.0939. The fourth-order valence-corrected chi connectivity index (χ4v) is 5.54. The number of amides is 1. The number of nitrogens with zero attached hydrogens (tertiary/aromatic N) is 1. The van der Waals surface area contributed by atoms with Crippen molar-refractivity contribution in [3.05, 3.63) is 58.6 Å². The Morgan fingerprint density at radius 2 is 1.70 bits per heavy atom. The van der Waals surface area contributed by atoms with Gasteiger partial charge in [0.1, 0.15) is 10.6 Å². The second kappa shape index (κ2) is 9.81. The quantitative estimate of drug-likeness (QED) is 0.707. The lowest BCUT2D eigenvalue weighted by Gasteiger charge is -2.21. The van der Waals surface area contributed by atoms with Gasteiger partial charge in [0.15, 0.2) is 0 Å². The van der Waals surface area contributed by atoms with Gasteiger partial charge in [0, 0.05) is 18.7 Å². The van der Waals surface area contributed by atoms with Crippen LogP contribution < -0.4 is 10.1 Å². The highest BCUT2D eigenvalue weighted by atomic mass is 35.5. The van der Waals surface area contributed by atoms with Gasteiger partial charge < -0.3 is 10.1 Å². The maximum atomic E-state index is 13.1. The minimum Gasteiger partial charge on any atom is -0.497 e. The van der Waals surface area contributed by atoms with Crippen molar-refractivity contribution in [3.63, 3.8) is 0 Å². The van der Waals surface area contributed by atoms with E-state index in [1.54, 1.807) is 13.2 Å². The van der Waals surface area contributed by atoms with E-state index in [0.717, 1.165) is 37.0 Å². The number of carbonyl (C=O) groups is 1. The lowest BCUT2D eigenvalue weighted by atomic mass is 10.1. The molecule has 0 aliphatic carbocycles. The summed E-state index contributed by atoms with van der Waals surface area (Å²) in [6.45, 7) is 2.82. The first-order valence-corrected chi connectivity index (χ1v) is 11.9. The van der Waals surface area contributed by atoms with Gasteiger partial charge in [-0.3, -0.25) is 4.79 Å².